The first-order valence-electron chi connectivity index (χ1n) is 9.58. The Kier molecular flexibility index (Phi) is 5.58. The van der Waals surface area contributed by atoms with Crippen LogP contribution in [0.1, 0.15) is 10.4 Å². The van der Waals surface area contributed by atoms with Crippen LogP contribution in [0.3, 0.4) is 0 Å². The number of methoxy groups -OCH3 is 1. The third-order valence-electron chi connectivity index (χ3n) is 5.06. The van der Waals surface area contributed by atoms with Crippen molar-refractivity contribution in [1.29, 1.82) is 0 Å². The van der Waals surface area contributed by atoms with Crippen molar-refractivity contribution in [3.63, 3.8) is 0 Å². The van der Waals surface area contributed by atoms with E-state index in [9.17, 15) is 9.59 Å². The van der Waals surface area contributed by atoms with Crippen LogP contribution in [0.2, 0.25) is 5.02 Å². The van der Waals surface area contributed by atoms with Gasteiger partial charge in [0.1, 0.15) is 5.75 Å². The highest BCUT2D eigenvalue weighted by molar-refractivity contribution is 8.18. The van der Waals surface area contributed by atoms with Crippen LogP contribution >= 0.6 is 34.7 Å². The molecule has 0 N–H and O–H groups in total. The van der Waals surface area contributed by atoms with Crippen molar-refractivity contribution in [3.05, 3.63) is 68.2 Å². The number of carbonyl (C=O) groups is 2. The van der Waals surface area contributed by atoms with E-state index >= 15 is 0 Å². The molecule has 3 aromatic rings. The first kappa shape index (κ1) is 20.9. The molecule has 1 aromatic heterocycles. The zero-order valence-corrected chi connectivity index (χ0v) is 19.2. The topological polar surface area (TPSA) is 65.1 Å². The predicted molar refractivity (Wildman–Crippen MR) is 125 cm³/mol. The second kappa shape index (κ2) is 8.54. The van der Waals surface area contributed by atoms with Gasteiger partial charge in [0, 0.05) is 16.0 Å². The molecule has 2 aromatic carbocycles. The molecule has 0 aliphatic carbocycles. The van der Waals surface area contributed by atoms with E-state index in [2.05, 4.69) is 0 Å². The summed E-state index contributed by atoms with van der Waals surface area (Å²) in [5.41, 5.74) is 2.71. The van der Waals surface area contributed by atoms with E-state index in [1.807, 2.05) is 35.7 Å². The van der Waals surface area contributed by atoms with Crippen LogP contribution in [0.25, 0.3) is 17.2 Å². The number of nitrogens with zero attached hydrogens (tertiary/aromatic N) is 1. The van der Waals surface area contributed by atoms with E-state index in [1.54, 1.807) is 25.3 Å². The van der Waals surface area contributed by atoms with E-state index in [1.165, 1.54) is 16.2 Å². The summed E-state index contributed by atoms with van der Waals surface area (Å²) in [7, 11) is 1.63. The van der Waals surface area contributed by atoms with Crippen LogP contribution in [0.5, 0.6) is 17.2 Å². The van der Waals surface area contributed by atoms with Crippen LogP contribution in [0.15, 0.2) is 52.7 Å². The van der Waals surface area contributed by atoms with Crippen LogP contribution in [-0.2, 0) is 11.3 Å². The molecule has 5 rings (SSSR count). The molecule has 0 unspecified atom stereocenters. The third kappa shape index (κ3) is 3.97. The highest BCUT2D eigenvalue weighted by Crippen LogP contribution is 2.40. The van der Waals surface area contributed by atoms with Gasteiger partial charge in [0.15, 0.2) is 11.5 Å². The number of hydrogen-bond acceptors (Lipinski definition) is 7. The van der Waals surface area contributed by atoms with E-state index in [0.717, 1.165) is 33.5 Å². The van der Waals surface area contributed by atoms with Gasteiger partial charge in [0.05, 0.1) is 18.6 Å². The maximum atomic E-state index is 12.9. The van der Waals surface area contributed by atoms with Crippen molar-refractivity contribution < 1.29 is 23.8 Å². The van der Waals surface area contributed by atoms with Gasteiger partial charge in [-0.15, -0.1) is 11.3 Å². The lowest BCUT2D eigenvalue weighted by molar-refractivity contribution is -0.123. The molecule has 1 fully saturated rings. The molecule has 6 nitrogen and oxygen atoms in total. The second-order valence-corrected chi connectivity index (χ2v) is 9.37. The summed E-state index contributed by atoms with van der Waals surface area (Å²) >= 11 is 8.75. The number of hydrogen-bond donors (Lipinski definition) is 0. The van der Waals surface area contributed by atoms with Crippen molar-refractivity contribution in [1.82, 2.24) is 4.90 Å². The number of ether oxygens (including phenoxy) is 3. The number of halogens is 1. The zero-order chi connectivity index (χ0) is 22.2. The molecule has 32 heavy (non-hydrogen) atoms. The number of imide groups is 1. The van der Waals surface area contributed by atoms with Crippen LogP contribution in [0.4, 0.5) is 4.79 Å². The minimum atomic E-state index is -0.340. The molecule has 0 atom stereocenters. The summed E-state index contributed by atoms with van der Waals surface area (Å²) in [5, 5.41) is 2.10. The Labute approximate surface area is 197 Å². The predicted octanol–water partition coefficient (Wildman–Crippen LogP) is 6.04. The minimum absolute atomic E-state index is 0.0685. The fourth-order valence-electron chi connectivity index (χ4n) is 3.38. The number of fused-ring (bicyclic) bond motifs is 1. The van der Waals surface area contributed by atoms with Crippen molar-refractivity contribution in [2.24, 2.45) is 0 Å². The molecule has 0 radical (unpaired) electrons. The van der Waals surface area contributed by atoms with E-state index in [0.29, 0.717) is 27.0 Å². The molecule has 9 heteroatoms. The Morgan fingerprint density at radius 3 is 2.59 bits per heavy atom. The van der Waals surface area contributed by atoms with Gasteiger partial charge in [-0.05, 0) is 64.2 Å². The summed E-state index contributed by atoms with van der Waals surface area (Å²) in [6.45, 7) is 0.192. The average molecular weight is 486 g/mol. The second-order valence-electron chi connectivity index (χ2n) is 7.03. The standard InChI is InChI=1S/C23H16ClNO5S2/c1-28-16-4-2-13(3-5-16)15-6-17(31-11-15)8-21-22(26)25(23(27)32-21)10-14-7-19-20(9-18(14)24)30-12-29-19/h2-9,11H,10,12H2,1H3/b21-8-. The maximum Gasteiger partial charge on any atom is 0.293 e. The van der Waals surface area contributed by atoms with Gasteiger partial charge in [0.2, 0.25) is 6.79 Å². The van der Waals surface area contributed by atoms with Crippen LogP contribution < -0.4 is 14.2 Å². The van der Waals surface area contributed by atoms with Gasteiger partial charge in [-0.1, -0.05) is 23.7 Å². The third-order valence-corrected chi connectivity index (χ3v) is 7.20. The Morgan fingerprint density at radius 2 is 1.84 bits per heavy atom. The lowest BCUT2D eigenvalue weighted by atomic mass is 10.1. The lowest BCUT2D eigenvalue weighted by Gasteiger charge is -2.14. The van der Waals surface area contributed by atoms with Crippen LogP contribution in [0, 0.1) is 0 Å². The Balaban J connectivity index is 1.34. The van der Waals surface area contributed by atoms with Crippen molar-refractivity contribution in [3.8, 4) is 28.4 Å². The summed E-state index contributed by atoms with van der Waals surface area (Å²) in [5.74, 6) is 1.56. The summed E-state index contributed by atoms with van der Waals surface area (Å²) in [4.78, 5) is 27.9. The molecule has 3 heterocycles. The molecule has 0 spiro atoms. The lowest BCUT2D eigenvalue weighted by Crippen LogP contribution is -2.27. The quantitative estimate of drug-likeness (QED) is 0.410. The van der Waals surface area contributed by atoms with E-state index in [-0.39, 0.29) is 24.5 Å². The van der Waals surface area contributed by atoms with Gasteiger partial charge in [-0.25, -0.2) is 0 Å². The zero-order valence-electron chi connectivity index (χ0n) is 16.8. The van der Waals surface area contributed by atoms with Crippen molar-refractivity contribution in [2.45, 2.75) is 6.54 Å². The van der Waals surface area contributed by atoms with E-state index in [4.69, 9.17) is 25.8 Å². The Bertz CT molecular complexity index is 1250. The number of benzene rings is 2. The van der Waals surface area contributed by atoms with Gasteiger partial charge >= 0.3 is 0 Å². The molecular formula is C23H16ClNO5S2. The molecule has 162 valence electrons. The SMILES string of the molecule is COc1ccc(-c2csc(/C=C3\SC(=O)N(Cc4cc5c(cc4Cl)OCO5)C3=O)c2)cc1. The first-order valence-corrected chi connectivity index (χ1v) is 11.7. The molecule has 1 saturated heterocycles. The fraction of sp³-hybridized carbons (Fsp3) is 0.130. The molecule has 0 bridgehead atoms. The van der Waals surface area contributed by atoms with Gasteiger partial charge in [0.25, 0.3) is 11.1 Å². The van der Waals surface area contributed by atoms with Crippen molar-refractivity contribution >= 4 is 51.9 Å². The van der Waals surface area contributed by atoms with Gasteiger partial charge < -0.3 is 14.2 Å². The monoisotopic (exact) mass is 485 g/mol. The number of carbonyl (C=O) groups excluding carboxylic acids is 2. The minimum Gasteiger partial charge on any atom is -0.497 e. The number of thioether (sulfide) groups is 1. The summed E-state index contributed by atoms with van der Waals surface area (Å²) in [6, 6.07) is 13.1. The summed E-state index contributed by atoms with van der Waals surface area (Å²) < 4.78 is 15.9. The molecular weight excluding hydrogens is 470 g/mol. The highest BCUT2D eigenvalue weighted by atomic mass is 35.5. The summed E-state index contributed by atoms with van der Waals surface area (Å²) in [6.07, 6.45) is 1.75. The molecule has 2 amide bonds. The van der Waals surface area contributed by atoms with Gasteiger partial charge in [-0.3, -0.25) is 14.5 Å². The highest BCUT2D eigenvalue weighted by Gasteiger charge is 2.35. The number of thiophene rings is 1. The van der Waals surface area contributed by atoms with Crippen LogP contribution in [-0.4, -0.2) is 29.9 Å². The molecule has 2 aliphatic rings. The maximum absolute atomic E-state index is 12.9. The normalized spacial score (nSPS) is 16.3. The molecule has 0 saturated carbocycles. The smallest absolute Gasteiger partial charge is 0.293 e. The molecule has 2 aliphatic heterocycles. The fourth-order valence-corrected chi connectivity index (χ4v) is 5.34. The first-order chi connectivity index (χ1) is 15.5. The Hall–Kier alpha value is -2.94. The van der Waals surface area contributed by atoms with E-state index < -0.39 is 0 Å². The Morgan fingerprint density at radius 1 is 1.09 bits per heavy atom. The largest absolute Gasteiger partial charge is 0.497 e. The van der Waals surface area contributed by atoms with Crippen molar-refractivity contribution in [2.75, 3.05) is 13.9 Å². The number of rotatable bonds is 5. The van der Waals surface area contributed by atoms with Gasteiger partial charge in [-0.2, -0.15) is 0 Å². The average Bonchev–Trinajstić information content (AvgIpc) is 3.51. The number of amides is 2.